The maximum Gasteiger partial charge on any atom is 0.307 e. The molecule has 1 N–H and O–H groups in total. The van der Waals surface area contributed by atoms with Crippen LogP contribution in [0.5, 0.6) is 0 Å². The summed E-state index contributed by atoms with van der Waals surface area (Å²) >= 11 is 0. The van der Waals surface area contributed by atoms with E-state index in [2.05, 4.69) is 10.1 Å². The topological polar surface area (TPSA) is 64.6 Å². The van der Waals surface area contributed by atoms with Crippen molar-refractivity contribution in [3.63, 3.8) is 0 Å². The molecule has 5 nitrogen and oxygen atoms in total. The van der Waals surface area contributed by atoms with Gasteiger partial charge >= 0.3 is 5.97 Å². The van der Waals surface area contributed by atoms with Crippen molar-refractivity contribution in [2.75, 3.05) is 26.9 Å². The third-order valence-corrected chi connectivity index (χ3v) is 2.39. The lowest BCUT2D eigenvalue weighted by Gasteiger charge is -2.21. The van der Waals surface area contributed by atoms with E-state index < -0.39 is 0 Å². The van der Waals surface area contributed by atoms with Gasteiger partial charge in [0.15, 0.2) is 0 Å². The van der Waals surface area contributed by atoms with Crippen molar-refractivity contribution in [2.45, 2.75) is 19.3 Å². The number of carbonyl (C=O) groups is 2. The summed E-state index contributed by atoms with van der Waals surface area (Å²) in [6.45, 7) is 1.57. The molecule has 15 heavy (non-hydrogen) atoms. The fraction of sp³-hybridized carbons (Fsp3) is 0.800. The summed E-state index contributed by atoms with van der Waals surface area (Å²) in [5.41, 5.74) is 0. The fourth-order valence-electron chi connectivity index (χ4n) is 1.48. The second-order valence-electron chi connectivity index (χ2n) is 3.53. The summed E-state index contributed by atoms with van der Waals surface area (Å²) in [4.78, 5) is 22.3. The number of hydrogen-bond acceptors (Lipinski definition) is 4. The van der Waals surface area contributed by atoms with Gasteiger partial charge in [0.05, 0.1) is 26.1 Å². The first-order chi connectivity index (χ1) is 7.24. The number of rotatable bonds is 4. The van der Waals surface area contributed by atoms with Crippen LogP contribution in [-0.4, -0.2) is 38.7 Å². The van der Waals surface area contributed by atoms with Crippen LogP contribution in [0.25, 0.3) is 0 Å². The molecule has 0 aliphatic carbocycles. The van der Waals surface area contributed by atoms with Crippen molar-refractivity contribution in [1.29, 1.82) is 0 Å². The molecule has 0 aromatic heterocycles. The molecule has 1 aliphatic rings. The van der Waals surface area contributed by atoms with Gasteiger partial charge in [-0.2, -0.15) is 0 Å². The lowest BCUT2D eigenvalue weighted by atomic mass is 10.0. The Bertz CT molecular complexity index is 223. The minimum Gasteiger partial charge on any atom is -0.469 e. The molecule has 86 valence electrons. The van der Waals surface area contributed by atoms with Crippen LogP contribution in [0.4, 0.5) is 0 Å². The number of nitrogens with one attached hydrogen (secondary N) is 1. The van der Waals surface area contributed by atoms with E-state index in [1.807, 2.05) is 0 Å². The van der Waals surface area contributed by atoms with Crippen molar-refractivity contribution < 1.29 is 19.1 Å². The van der Waals surface area contributed by atoms with Crippen LogP contribution in [0.15, 0.2) is 0 Å². The maximum absolute atomic E-state index is 11.5. The molecular weight excluding hydrogens is 198 g/mol. The first kappa shape index (κ1) is 12.0. The molecule has 1 saturated heterocycles. The van der Waals surface area contributed by atoms with Gasteiger partial charge in [-0.1, -0.05) is 0 Å². The number of carbonyl (C=O) groups excluding carboxylic acids is 2. The van der Waals surface area contributed by atoms with Crippen LogP contribution in [0, 0.1) is 5.92 Å². The van der Waals surface area contributed by atoms with Crippen LogP contribution in [0.1, 0.15) is 19.3 Å². The van der Waals surface area contributed by atoms with Crippen LogP contribution < -0.4 is 5.32 Å². The summed E-state index contributed by atoms with van der Waals surface area (Å²) in [6.07, 6.45) is 2.01. The van der Waals surface area contributed by atoms with Gasteiger partial charge < -0.3 is 14.8 Å². The molecule has 0 bridgehead atoms. The highest BCUT2D eigenvalue weighted by atomic mass is 16.5. The van der Waals surface area contributed by atoms with Gasteiger partial charge in [0.2, 0.25) is 5.91 Å². The number of esters is 1. The van der Waals surface area contributed by atoms with E-state index in [4.69, 9.17) is 4.74 Å². The molecule has 0 aromatic carbocycles. The lowest BCUT2D eigenvalue weighted by Crippen LogP contribution is -2.36. The van der Waals surface area contributed by atoms with Crippen molar-refractivity contribution in [3.8, 4) is 0 Å². The minimum absolute atomic E-state index is 0.0291. The first-order valence-electron chi connectivity index (χ1n) is 5.16. The van der Waals surface area contributed by atoms with E-state index in [1.165, 1.54) is 7.11 Å². The van der Waals surface area contributed by atoms with Crippen molar-refractivity contribution in [1.82, 2.24) is 5.32 Å². The zero-order valence-electron chi connectivity index (χ0n) is 8.95. The maximum atomic E-state index is 11.5. The summed E-state index contributed by atoms with van der Waals surface area (Å²) in [7, 11) is 1.33. The lowest BCUT2D eigenvalue weighted by molar-refractivity contribution is -0.140. The van der Waals surface area contributed by atoms with Crippen LogP contribution in [-0.2, 0) is 19.1 Å². The molecule has 1 heterocycles. The van der Waals surface area contributed by atoms with Crippen molar-refractivity contribution in [3.05, 3.63) is 0 Å². The third-order valence-electron chi connectivity index (χ3n) is 2.39. The predicted molar refractivity (Wildman–Crippen MR) is 53.2 cm³/mol. The van der Waals surface area contributed by atoms with E-state index in [0.29, 0.717) is 13.2 Å². The molecule has 1 aliphatic heterocycles. The second kappa shape index (κ2) is 6.40. The average molecular weight is 215 g/mol. The SMILES string of the molecule is COC(=O)CCNC(=O)C1CCCOC1. The number of hydrogen-bond donors (Lipinski definition) is 1. The summed E-state index contributed by atoms with van der Waals surface area (Å²) in [5, 5.41) is 2.70. The van der Waals surface area contributed by atoms with Gasteiger partial charge in [-0.05, 0) is 12.8 Å². The molecule has 5 heteroatoms. The van der Waals surface area contributed by atoms with Gasteiger partial charge in [-0.3, -0.25) is 9.59 Å². The zero-order chi connectivity index (χ0) is 11.1. The fourth-order valence-corrected chi connectivity index (χ4v) is 1.48. The van der Waals surface area contributed by atoms with Crippen LogP contribution >= 0.6 is 0 Å². The Balaban J connectivity index is 2.14. The molecular formula is C10H17NO4. The van der Waals surface area contributed by atoms with E-state index in [9.17, 15) is 9.59 Å². The molecule has 1 atom stereocenters. The van der Waals surface area contributed by atoms with Gasteiger partial charge in [0.1, 0.15) is 0 Å². The molecule has 1 amide bonds. The van der Waals surface area contributed by atoms with Gasteiger partial charge in [-0.25, -0.2) is 0 Å². The Kier molecular flexibility index (Phi) is 5.10. The monoisotopic (exact) mass is 215 g/mol. The van der Waals surface area contributed by atoms with Crippen LogP contribution in [0.3, 0.4) is 0 Å². The summed E-state index contributed by atoms with van der Waals surface area (Å²) in [5.74, 6) is -0.398. The molecule has 1 rings (SSSR count). The number of amides is 1. The van der Waals surface area contributed by atoms with E-state index >= 15 is 0 Å². The third kappa shape index (κ3) is 4.29. The molecule has 1 fully saturated rings. The van der Waals surface area contributed by atoms with E-state index in [1.54, 1.807) is 0 Å². The number of ether oxygens (including phenoxy) is 2. The smallest absolute Gasteiger partial charge is 0.307 e. The van der Waals surface area contributed by atoms with Crippen molar-refractivity contribution in [2.24, 2.45) is 5.92 Å². The van der Waals surface area contributed by atoms with Gasteiger partial charge in [-0.15, -0.1) is 0 Å². The van der Waals surface area contributed by atoms with Crippen molar-refractivity contribution >= 4 is 11.9 Å². The molecule has 0 spiro atoms. The predicted octanol–water partition coefficient (Wildman–Crippen LogP) is 0.0923. The highest BCUT2D eigenvalue weighted by Crippen LogP contribution is 2.13. The molecule has 0 radical (unpaired) electrons. The minimum atomic E-state index is -0.310. The quantitative estimate of drug-likeness (QED) is 0.675. The van der Waals surface area contributed by atoms with Gasteiger partial charge in [0, 0.05) is 13.2 Å². The standard InChI is InChI=1S/C10H17NO4/c1-14-9(12)4-5-11-10(13)8-3-2-6-15-7-8/h8H,2-7H2,1H3,(H,11,13). The second-order valence-corrected chi connectivity index (χ2v) is 3.53. The summed E-state index contributed by atoms with van der Waals surface area (Å²) < 4.78 is 9.66. The Hall–Kier alpha value is -1.10. The highest BCUT2D eigenvalue weighted by molar-refractivity contribution is 5.79. The Labute approximate surface area is 89.1 Å². The molecule has 0 aromatic rings. The van der Waals surface area contributed by atoms with E-state index in [0.717, 1.165) is 19.4 Å². The Morgan fingerprint density at radius 1 is 1.53 bits per heavy atom. The Morgan fingerprint density at radius 3 is 2.93 bits per heavy atom. The Morgan fingerprint density at radius 2 is 2.33 bits per heavy atom. The largest absolute Gasteiger partial charge is 0.469 e. The van der Waals surface area contributed by atoms with Gasteiger partial charge in [0.25, 0.3) is 0 Å². The molecule has 0 saturated carbocycles. The summed E-state index contributed by atoms with van der Waals surface area (Å²) in [6, 6.07) is 0. The van der Waals surface area contributed by atoms with Crippen LogP contribution in [0.2, 0.25) is 0 Å². The first-order valence-corrected chi connectivity index (χ1v) is 5.16. The normalized spacial score (nSPS) is 20.7. The average Bonchev–Trinajstić information content (AvgIpc) is 2.29. The van der Waals surface area contributed by atoms with E-state index in [-0.39, 0.29) is 24.2 Å². The number of methoxy groups -OCH3 is 1. The molecule has 1 unspecified atom stereocenters. The highest BCUT2D eigenvalue weighted by Gasteiger charge is 2.21. The zero-order valence-corrected chi connectivity index (χ0v) is 8.95.